The highest BCUT2D eigenvalue weighted by Crippen LogP contribution is 2.33. The molecule has 3 rings (SSSR count). The van der Waals surface area contributed by atoms with Gasteiger partial charge >= 0.3 is 0 Å². The molecule has 0 radical (unpaired) electrons. The molecule has 1 aliphatic heterocycles. The summed E-state index contributed by atoms with van der Waals surface area (Å²) in [7, 11) is 1.94. The molecule has 4 nitrogen and oxygen atoms in total. The quantitative estimate of drug-likeness (QED) is 0.816. The molecule has 114 valence electrons. The van der Waals surface area contributed by atoms with Crippen molar-refractivity contribution in [1.29, 1.82) is 0 Å². The number of aromatic nitrogens is 1. The smallest absolute Gasteiger partial charge is 0.225 e. The van der Waals surface area contributed by atoms with Gasteiger partial charge in [-0.15, -0.1) is 0 Å². The van der Waals surface area contributed by atoms with E-state index in [0.29, 0.717) is 10.9 Å². The lowest BCUT2D eigenvalue weighted by Crippen LogP contribution is -2.49. The number of carbonyl (C=O) groups excluding carboxylic acids is 1. The molecule has 0 spiro atoms. The van der Waals surface area contributed by atoms with Crippen molar-refractivity contribution in [1.82, 2.24) is 9.88 Å². The van der Waals surface area contributed by atoms with Gasteiger partial charge in [0.1, 0.15) is 5.82 Å². The lowest BCUT2D eigenvalue weighted by atomic mass is 10.0. The van der Waals surface area contributed by atoms with Gasteiger partial charge in [0.2, 0.25) is 5.91 Å². The maximum Gasteiger partial charge on any atom is 0.225 e. The molecule has 1 aromatic rings. The summed E-state index contributed by atoms with van der Waals surface area (Å²) in [5, 5.41) is 0.625. The standard InChI is InChI=1S/C15H19BrClN3O/c1-19(15(21)10-4-5-10)12-3-2-6-20(9-12)14-13(16)7-11(17)8-18-14/h7-8,10,12H,2-6,9H2,1H3. The number of amides is 1. The van der Waals surface area contributed by atoms with E-state index < -0.39 is 0 Å². The number of hydrogen-bond donors (Lipinski definition) is 0. The molecular weight excluding hydrogens is 354 g/mol. The molecule has 2 fully saturated rings. The van der Waals surface area contributed by atoms with Gasteiger partial charge in [0.25, 0.3) is 0 Å². The first-order valence-corrected chi connectivity index (χ1v) is 8.56. The summed E-state index contributed by atoms with van der Waals surface area (Å²) >= 11 is 9.49. The van der Waals surface area contributed by atoms with Crippen molar-refractivity contribution in [3.05, 3.63) is 21.8 Å². The number of rotatable bonds is 3. The molecule has 21 heavy (non-hydrogen) atoms. The zero-order valence-electron chi connectivity index (χ0n) is 12.1. The van der Waals surface area contributed by atoms with E-state index in [1.807, 2.05) is 18.0 Å². The molecular formula is C15H19BrClN3O. The van der Waals surface area contributed by atoms with Crippen LogP contribution in [-0.4, -0.2) is 42.0 Å². The Kier molecular flexibility index (Phi) is 4.41. The zero-order chi connectivity index (χ0) is 15.0. The summed E-state index contributed by atoms with van der Waals surface area (Å²) in [6.45, 7) is 1.80. The number of nitrogens with zero attached hydrogens (tertiary/aromatic N) is 3. The Hall–Kier alpha value is -0.810. The zero-order valence-corrected chi connectivity index (χ0v) is 14.4. The van der Waals surface area contributed by atoms with E-state index in [9.17, 15) is 4.79 Å². The highest BCUT2D eigenvalue weighted by Gasteiger charge is 2.36. The second-order valence-electron chi connectivity index (χ2n) is 5.92. The minimum atomic E-state index is 0.274. The summed E-state index contributed by atoms with van der Waals surface area (Å²) in [5.74, 6) is 1.51. The van der Waals surface area contributed by atoms with E-state index in [4.69, 9.17) is 11.6 Å². The highest BCUT2D eigenvalue weighted by molar-refractivity contribution is 9.10. The molecule has 1 aromatic heterocycles. The van der Waals surface area contributed by atoms with Crippen molar-refractivity contribution in [2.75, 3.05) is 25.0 Å². The first kappa shape index (κ1) is 15.1. The Morgan fingerprint density at radius 1 is 1.48 bits per heavy atom. The van der Waals surface area contributed by atoms with E-state index >= 15 is 0 Å². The van der Waals surface area contributed by atoms with Crippen molar-refractivity contribution in [2.24, 2.45) is 5.92 Å². The fourth-order valence-electron chi connectivity index (χ4n) is 2.90. The predicted molar refractivity (Wildman–Crippen MR) is 87.7 cm³/mol. The lowest BCUT2D eigenvalue weighted by Gasteiger charge is -2.38. The van der Waals surface area contributed by atoms with Crippen LogP contribution in [0.3, 0.4) is 0 Å². The van der Waals surface area contributed by atoms with Crippen LogP contribution < -0.4 is 4.90 Å². The molecule has 0 bridgehead atoms. The van der Waals surface area contributed by atoms with Gasteiger partial charge in [0, 0.05) is 38.3 Å². The summed E-state index contributed by atoms with van der Waals surface area (Å²) in [5.41, 5.74) is 0. The van der Waals surface area contributed by atoms with Gasteiger partial charge in [-0.05, 0) is 47.7 Å². The van der Waals surface area contributed by atoms with Crippen molar-refractivity contribution in [3.63, 3.8) is 0 Å². The molecule has 0 N–H and O–H groups in total. The van der Waals surface area contributed by atoms with Gasteiger partial charge in [-0.2, -0.15) is 0 Å². The third-order valence-corrected chi connectivity index (χ3v) is 5.10. The number of anilines is 1. The molecule has 1 aliphatic carbocycles. The fraction of sp³-hybridized carbons (Fsp3) is 0.600. The van der Waals surface area contributed by atoms with Gasteiger partial charge in [-0.25, -0.2) is 4.98 Å². The van der Waals surface area contributed by atoms with E-state index in [-0.39, 0.29) is 12.0 Å². The Bertz CT molecular complexity index is 550. The van der Waals surface area contributed by atoms with Crippen molar-refractivity contribution >= 4 is 39.3 Å². The molecule has 6 heteroatoms. The monoisotopic (exact) mass is 371 g/mol. The third kappa shape index (κ3) is 3.34. The Morgan fingerprint density at radius 3 is 2.90 bits per heavy atom. The first-order valence-electron chi connectivity index (χ1n) is 7.39. The van der Waals surface area contributed by atoms with E-state index in [2.05, 4.69) is 25.8 Å². The summed E-state index contributed by atoms with van der Waals surface area (Å²) in [6.07, 6.45) is 5.93. The molecule has 2 heterocycles. The van der Waals surface area contributed by atoms with Crippen LogP contribution in [-0.2, 0) is 4.79 Å². The first-order chi connectivity index (χ1) is 10.1. The van der Waals surface area contributed by atoms with Crippen LogP contribution in [0.25, 0.3) is 0 Å². The number of halogens is 2. The van der Waals surface area contributed by atoms with Crippen LogP contribution >= 0.6 is 27.5 Å². The lowest BCUT2D eigenvalue weighted by molar-refractivity contribution is -0.133. The third-order valence-electron chi connectivity index (χ3n) is 4.31. The summed E-state index contributed by atoms with van der Waals surface area (Å²) in [4.78, 5) is 20.8. The minimum absolute atomic E-state index is 0.274. The molecule has 1 saturated carbocycles. The number of likely N-dealkylation sites (N-methyl/N-ethyl adjacent to an activating group) is 1. The maximum atomic E-state index is 12.2. The van der Waals surface area contributed by atoms with Crippen LogP contribution in [0.15, 0.2) is 16.7 Å². The largest absolute Gasteiger partial charge is 0.354 e. The van der Waals surface area contributed by atoms with Gasteiger partial charge in [-0.3, -0.25) is 4.79 Å². The SMILES string of the molecule is CN(C(=O)C1CC1)C1CCCN(c2ncc(Cl)cc2Br)C1. The Morgan fingerprint density at radius 2 is 2.24 bits per heavy atom. The average Bonchev–Trinajstić information content (AvgIpc) is 3.30. The van der Waals surface area contributed by atoms with Gasteiger partial charge in [0.15, 0.2) is 0 Å². The fourth-order valence-corrected chi connectivity index (χ4v) is 3.79. The second kappa shape index (κ2) is 6.13. The van der Waals surface area contributed by atoms with Crippen LogP contribution in [0.2, 0.25) is 5.02 Å². The van der Waals surface area contributed by atoms with Gasteiger partial charge in [-0.1, -0.05) is 11.6 Å². The van der Waals surface area contributed by atoms with Crippen LogP contribution in [0, 0.1) is 5.92 Å². The summed E-state index contributed by atoms with van der Waals surface area (Å²) < 4.78 is 0.909. The molecule has 1 atom stereocenters. The molecule has 1 saturated heterocycles. The maximum absolute atomic E-state index is 12.2. The number of piperidine rings is 1. The average molecular weight is 373 g/mol. The van der Waals surface area contributed by atoms with E-state index in [0.717, 1.165) is 49.1 Å². The van der Waals surface area contributed by atoms with Crippen LogP contribution in [0.4, 0.5) is 5.82 Å². The summed E-state index contributed by atoms with van der Waals surface area (Å²) in [6, 6.07) is 2.14. The van der Waals surface area contributed by atoms with Crippen molar-refractivity contribution in [2.45, 2.75) is 31.7 Å². The Labute approximate surface area is 138 Å². The van der Waals surface area contributed by atoms with E-state index in [1.54, 1.807) is 6.20 Å². The predicted octanol–water partition coefficient (Wildman–Crippen LogP) is 3.33. The van der Waals surface area contributed by atoms with E-state index in [1.165, 1.54) is 0 Å². The number of pyridine rings is 1. The highest BCUT2D eigenvalue weighted by atomic mass is 79.9. The number of hydrogen-bond acceptors (Lipinski definition) is 3. The topological polar surface area (TPSA) is 36.4 Å². The normalized spacial score (nSPS) is 22.2. The van der Waals surface area contributed by atoms with Gasteiger partial charge in [0.05, 0.1) is 9.50 Å². The molecule has 0 aromatic carbocycles. The van der Waals surface area contributed by atoms with Crippen molar-refractivity contribution < 1.29 is 4.79 Å². The van der Waals surface area contributed by atoms with Gasteiger partial charge < -0.3 is 9.80 Å². The van der Waals surface area contributed by atoms with Crippen LogP contribution in [0.1, 0.15) is 25.7 Å². The Balaban J connectivity index is 1.71. The molecule has 1 unspecified atom stereocenters. The molecule has 2 aliphatic rings. The second-order valence-corrected chi connectivity index (χ2v) is 7.22. The van der Waals surface area contributed by atoms with Crippen molar-refractivity contribution in [3.8, 4) is 0 Å². The molecule has 1 amide bonds. The minimum Gasteiger partial charge on any atom is -0.354 e. The van der Waals surface area contributed by atoms with Crippen LogP contribution in [0.5, 0.6) is 0 Å². The number of carbonyl (C=O) groups is 1.